The van der Waals surface area contributed by atoms with Crippen LogP contribution in [0.15, 0.2) is 18.2 Å². The van der Waals surface area contributed by atoms with Gasteiger partial charge in [-0.2, -0.15) is 5.26 Å². The summed E-state index contributed by atoms with van der Waals surface area (Å²) in [4.78, 5) is 0. The molecule has 0 atom stereocenters. The molecule has 0 spiro atoms. The Kier molecular flexibility index (Phi) is 3.92. The lowest BCUT2D eigenvalue weighted by molar-refractivity contribution is 0.00578. The number of hydrogen-bond acceptors (Lipinski definition) is 4. The van der Waals surface area contributed by atoms with Gasteiger partial charge < -0.3 is 14.6 Å². The second kappa shape index (κ2) is 5.21. The van der Waals surface area contributed by atoms with Crippen molar-refractivity contribution >= 4 is 12.6 Å². The van der Waals surface area contributed by atoms with Crippen LogP contribution in [0.4, 0.5) is 0 Å². The van der Waals surface area contributed by atoms with Crippen molar-refractivity contribution in [2.45, 2.75) is 45.4 Å². The molecule has 1 aromatic carbocycles. The Bertz CT molecular complexity index is 533. The number of nitrogens with one attached hydrogen (secondary N) is 1. The Hall–Kier alpha value is -1.35. The van der Waals surface area contributed by atoms with Crippen LogP contribution in [0.1, 0.15) is 38.8 Å². The Morgan fingerprint density at radius 2 is 1.80 bits per heavy atom. The molecule has 2 rings (SSSR count). The molecule has 1 saturated heterocycles. The van der Waals surface area contributed by atoms with Crippen molar-refractivity contribution in [2.24, 2.45) is 0 Å². The van der Waals surface area contributed by atoms with Crippen molar-refractivity contribution in [1.29, 1.82) is 5.26 Å². The molecule has 4 nitrogen and oxygen atoms in total. The van der Waals surface area contributed by atoms with Crippen LogP contribution in [0.3, 0.4) is 0 Å². The molecule has 20 heavy (non-hydrogen) atoms. The van der Waals surface area contributed by atoms with Crippen molar-refractivity contribution in [3.63, 3.8) is 0 Å². The molecule has 0 amide bonds. The van der Waals surface area contributed by atoms with E-state index in [1.165, 1.54) is 0 Å². The molecular weight excluding hydrogens is 251 g/mol. The van der Waals surface area contributed by atoms with Gasteiger partial charge in [0.15, 0.2) is 0 Å². The van der Waals surface area contributed by atoms with Gasteiger partial charge in [-0.15, -0.1) is 0 Å². The molecule has 1 heterocycles. The molecule has 1 fully saturated rings. The van der Waals surface area contributed by atoms with Gasteiger partial charge in [0, 0.05) is 6.54 Å². The smallest absolute Gasteiger partial charge is 0.399 e. The van der Waals surface area contributed by atoms with Gasteiger partial charge in [0.25, 0.3) is 0 Å². The standard InChI is InChI=1S/C15H21BN2O2/c1-14(2)15(3,4)20-16(19-14)13-7-6-11(9-17)8-12(13)10-18-5/h6-8,18H,10H2,1-5H3. The number of benzene rings is 1. The summed E-state index contributed by atoms with van der Waals surface area (Å²) in [6.45, 7) is 8.82. The fourth-order valence-corrected chi connectivity index (χ4v) is 2.22. The van der Waals surface area contributed by atoms with Crippen molar-refractivity contribution < 1.29 is 9.31 Å². The molecule has 0 radical (unpaired) electrons. The molecule has 0 unspecified atom stereocenters. The summed E-state index contributed by atoms with van der Waals surface area (Å²) in [5, 5.41) is 12.1. The number of nitrogens with zero attached hydrogens (tertiary/aromatic N) is 1. The first-order valence-corrected chi connectivity index (χ1v) is 6.84. The zero-order chi connectivity index (χ0) is 15.0. The Labute approximate surface area is 121 Å². The van der Waals surface area contributed by atoms with Gasteiger partial charge in [-0.25, -0.2) is 0 Å². The van der Waals surface area contributed by atoms with E-state index >= 15 is 0 Å². The number of hydrogen-bond donors (Lipinski definition) is 1. The van der Waals surface area contributed by atoms with E-state index in [1.54, 1.807) is 6.07 Å². The second-order valence-electron chi connectivity index (χ2n) is 6.14. The van der Waals surface area contributed by atoms with Crippen molar-refractivity contribution in [3.8, 4) is 6.07 Å². The van der Waals surface area contributed by atoms with Gasteiger partial charge in [-0.3, -0.25) is 0 Å². The Morgan fingerprint density at radius 3 is 2.30 bits per heavy atom. The number of nitriles is 1. The average molecular weight is 272 g/mol. The molecule has 1 aromatic rings. The minimum absolute atomic E-state index is 0.359. The first-order chi connectivity index (χ1) is 9.30. The maximum atomic E-state index is 9.02. The summed E-state index contributed by atoms with van der Waals surface area (Å²) in [5.41, 5.74) is 1.95. The van der Waals surface area contributed by atoms with Crippen LogP contribution in [0.25, 0.3) is 0 Å². The minimum Gasteiger partial charge on any atom is -0.399 e. The second-order valence-corrected chi connectivity index (χ2v) is 6.14. The van der Waals surface area contributed by atoms with Crippen molar-refractivity contribution in [2.75, 3.05) is 7.05 Å². The molecule has 1 aliphatic rings. The maximum absolute atomic E-state index is 9.02. The first kappa shape index (κ1) is 15.1. The third-order valence-electron chi connectivity index (χ3n) is 4.15. The predicted octanol–water partition coefficient (Wildman–Crippen LogP) is 1.58. The normalized spacial score (nSPS) is 19.9. The lowest BCUT2D eigenvalue weighted by Crippen LogP contribution is -2.41. The van der Waals surface area contributed by atoms with E-state index in [1.807, 2.05) is 46.9 Å². The summed E-state index contributed by atoms with van der Waals surface area (Å²) < 4.78 is 12.2. The van der Waals surface area contributed by atoms with Crippen LogP contribution < -0.4 is 10.8 Å². The van der Waals surface area contributed by atoms with Gasteiger partial charge in [0.2, 0.25) is 0 Å². The highest BCUT2D eigenvalue weighted by molar-refractivity contribution is 6.62. The monoisotopic (exact) mass is 272 g/mol. The zero-order valence-corrected chi connectivity index (χ0v) is 12.8. The SMILES string of the molecule is CNCc1cc(C#N)ccc1B1OC(C)(C)C(C)(C)O1. The summed E-state index contributed by atoms with van der Waals surface area (Å²) in [7, 11) is 1.49. The van der Waals surface area contributed by atoms with E-state index in [0.29, 0.717) is 12.1 Å². The lowest BCUT2D eigenvalue weighted by atomic mass is 9.75. The fraction of sp³-hybridized carbons (Fsp3) is 0.533. The maximum Gasteiger partial charge on any atom is 0.495 e. The topological polar surface area (TPSA) is 54.3 Å². The van der Waals surface area contributed by atoms with E-state index in [4.69, 9.17) is 14.6 Å². The molecule has 0 bridgehead atoms. The van der Waals surface area contributed by atoms with Gasteiger partial charge in [-0.1, -0.05) is 6.07 Å². The van der Waals surface area contributed by atoms with Gasteiger partial charge in [0.05, 0.1) is 22.8 Å². The van der Waals surface area contributed by atoms with Crippen LogP contribution in [-0.2, 0) is 15.9 Å². The summed E-state index contributed by atoms with van der Waals surface area (Å²) in [6, 6.07) is 7.78. The van der Waals surface area contributed by atoms with E-state index in [0.717, 1.165) is 11.0 Å². The highest BCUT2D eigenvalue weighted by Crippen LogP contribution is 2.36. The van der Waals surface area contributed by atoms with E-state index in [2.05, 4.69) is 11.4 Å². The highest BCUT2D eigenvalue weighted by Gasteiger charge is 2.52. The zero-order valence-electron chi connectivity index (χ0n) is 12.8. The first-order valence-electron chi connectivity index (χ1n) is 6.84. The van der Waals surface area contributed by atoms with Crippen LogP contribution in [0.5, 0.6) is 0 Å². The minimum atomic E-state index is -0.393. The number of rotatable bonds is 3. The van der Waals surface area contributed by atoms with Gasteiger partial charge >= 0.3 is 7.12 Å². The van der Waals surface area contributed by atoms with Gasteiger partial charge in [-0.05, 0) is 57.9 Å². The fourth-order valence-electron chi connectivity index (χ4n) is 2.22. The van der Waals surface area contributed by atoms with Gasteiger partial charge in [0.1, 0.15) is 0 Å². The summed E-state index contributed by atoms with van der Waals surface area (Å²) in [6.07, 6.45) is 0. The molecule has 5 heteroatoms. The Balaban J connectivity index is 2.37. The Morgan fingerprint density at radius 1 is 1.20 bits per heavy atom. The predicted molar refractivity (Wildman–Crippen MR) is 79.6 cm³/mol. The van der Waals surface area contributed by atoms with E-state index < -0.39 is 7.12 Å². The molecule has 0 aromatic heterocycles. The van der Waals surface area contributed by atoms with Crippen molar-refractivity contribution in [1.82, 2.24) is 5.32 Å². The summed E-state index contributed by atoms with van der Waals surface area (Å²) >= 11 is 0. The third kappa shape index (κ3) is 2.60. The molecular formula is C15H21BN2O2. The lowest BCUT2D eigenvalue weighted by Gasteiger charge is -2.32. The average Bonchev–Trinajstić information content (AvgIpc) is 2.58. The highest BCUT2D eigenvalue weighted by atomic mass is 16.7. The molecule has 0 saturated carbocycles. The van der Waals surface area contributed by atoms with Crippen LogP contribution in [-0.4, -0.2) is 25.4 Å². The van der Waals surface area contributed by atoms with Crippen LogP contribution in [0.2, 0.25) is 0 Å². The molecule has 1 aliphatic heterocycles. The largest absolute Gasteiger partial charge is 0.495 e. The van der Waals surface area contributed by atoms with Crippen LogP contribution >= 0.6 is 0 Å². The quantitative estimate of drug-likeness (QED) is 0.849. The van der Waals surface area contributed by atoms with Crippen molar-refractivity contribution in [3.05, 3.63) is 29.3 Å². The molecule has 1 N–H and O–H groups in total. The molecule has 106 valence electrons. The van der Waals surface area contributed by atoms with E-state index in [-0.39, 0.29) is 11.2 Å². The van der Waals surface area contributed by atoms with Crippen LogP contribution in [0, 0.1) is 11.3 Å². The summed E-state index contributed by atoms with van der Waals surface area (Å²) in [5.74, 6) is 0. The third-order valence-corrected chi connectivity index (χ3v) is 4.15. The van der Waals surface area contributed by atoms with E-state index in [9.17, 15) is 0 Å². The molecule has 0 aliphatic carbocycles.